The maximum atomic E-state index is 12.0. The molecule has 0 amide bonds. The van der Waals surface area contributed by atoms with Crippen LogP contribution in [0.1, 0.15) is 51.4 Å². The van der Waals surface area contributed by atoms with E-state index < -0.39 is 0 Å². The van der Waals surface area contributed by atoms with Crippen LogP contribution >= 0.6 is 0 Å². The molecule has 3 aliphatic carbocycles. The van der Waals surface area contributed by atoms with Crippen molar-refractivity contribution < 1.29 is 4.79 Å². The minimum atomic E-state index is 0.422. The molecule has 0 aromatic heterocycles. The molecule has 1 nitrogen and oxygen atoms in total. The van der Waals surface area contributed by atoms with Gasteiger partial charge in [0, 0.05) is 5.92 Å². The Bertz CT molecular complexity index is 300. The summed E-state index contributed by atoms with van der Waals surface area (Å²) in [5.74, 6) is 1.76. The molecule has 2 saturated carbocycles. The summed E-state index contributed by atoms with van der Waals surface area (Å²) in [5.41, 5.74) is 2.86. The number of hydrogen-bond acceptors (Lipinski definition) is 1. The van der Waals surface area contributed by atoms with E-state index in [0.29, 0.717) is 11.7 Å². The van der Waals surface area contributed by atoms with Gasteiger partial charge in [-0.05, 0) is 56.4 Å². The number of carbonyl (C=O) groups excluding carboxylic acids is 1. The Morgan fingerprint density at radius 2 is 1.79 bits per heavy atom. The second-order valence-electron chi connectivity index (χ2n) is 5.14. The van der Waals surface area contributed by atoms with Crippen molar-refractivity contribution in [2.24, 2.45) is 11.8 Å². The van der Waals surface area contributed by atoms with Gasteiger partial charge >= 0.3 is 0 Å². The van der Waals surface area contributed by atoms with Crippen LogP contribution in [0.25, 0.3) is 0 Å². The Hall–Kier alpha value is -0.590. The van der Waals surface area contributed by atoms with Crippen LogP contribution in [0.2, 0.25) is 0 Å². The molecular weight excluding hydrogens is 172 g/mol. The monoisotopic (exact) mass is 190 g/mol. The van der Waals surface area contributed by atoms with E-state index in [9.17, 15) is 4.79 Å². The minimum Gasteiger partial charge on any atom is -0.294 e. The van der Waals surface area contributed by atoms with Gasteiger partial charge in [0.2, 0.25) is 0 Å². The van der Waals surface area contributed by atoms with Gasteiger partial charge in [-0.1, -0.05) is 12.0 Å². The summed E-state index contributed by atoms with van der Waals surface area (Å²) in [6, 6.07) is 0. The molecule has 0 saturated heterocycles. The standard InChI is InChI=1S/C13H18O/c14-13-10-5-3-7-12(13)11-6-2-1-4-9(11)8-10/h9-10H,1-8H2. The molecular formula is C13H18O. The molecule has 3 aliphatic rings. The predicted molar refractivity (Wildman–Crippen MR) is 55.9 cm³/mol. The summed E-state index contributed by atoms with van der Waals surface area (Å²) in [6.45, 7) is 0. The van der Waals surface area contributed by atoms with Gasteiger partial charge in [-0.3, -0.25) is 4.79 Å². The van der Waals surface area contributed by atoms with Crippen molar-refractivity contribution in [3.8, 4) is 0 Å². The molecule has 2 fully saturated rings. The van der Waals surface area contributed by atoms with Crippen LogP contribution in [0.5, 0.6) is 0 Å². The highest BCUT2D eigenvalue weighted by Gasteiger charge is 2.38. The maximum absolute atomic E-state index is 12.0. The van der Waals surface area contributed by atoms with Crippen LogP contribution < -0.4 is 0 Å². The molecule has 2 bridgehead atoms. The summed E-state index contributed by atoms with van der Waals surface area (Å²) >= 11 is 0. The van der Waals surface area contributed by atoms with Crippen molar-refractivity contribution in [2.45, 2.75) is 51.4 Å². The zero-order valence-corrected chi connectivity index (χ0v) is 8.72. The van der Waals surface area contributed by atoms with Gasteiger partial charge in [-0.15, -0.1) is 0 Å². The lowest BCUT2D eigenvalue weighted by Gasteiger charge is -2.38. The summed E-state index contributed by atoms with van der Waals surface area (Å²) in [6.07, 6.45) is 10.0. The highest BCUT2D eigenvalue weighted by atomic mass is 16.1. The first-order valence-electron chi connectivity index (χ1n) is 6.12. The van der Waals surface area contributed by atoms with E-state index in [0.717, 1.165) is 12.3 Å². The van der Waals surface area contributed by atoms with Gasteiger partial charge in [0.15, 0.2) is 5.78 Å². The van der Waals surface area contributed by atoms with E-state index in [1.165, 1.54) is 50.5 Å². The van der Waals surface area contributed by atoms with Gasteiger partial charge in [0.25, 0.3) is 0 Å². The molecule has 0 aromatic carbocycles. The molecule has 0 spiro atoms. The first-order valence-corrected chi connectivity index (χ1v) is 6.12. The lowest BCUT2D eigenvalue weighted by Crippen LogP contribution is -2.33. The van der Waals surface area contributed by atoms with E-state index in [4.69, 9.17) is 0 Å². The zero-order valence-electron chi connectivity index (χ0n) is 8.72. The third-order valence-electron chi connectivity index (χ3n) is 4.35. The normalized spacial score (nSPS) is 37.0. The smallest absolute Gasteiger partial charge is 0.161 e. The molecule has 0 N–H and O–H groups in total. The van der Waals surface area contributed by atoms with Crippen molar-refractivity contribution in [1.29, 1.82) is 0 Å². The summed E-state index contributed by atoms with van der Waals surface area (Å²) in [5, 5.41) is 0. The number of ketones is 1. The summed E-state index contributed by atoms with van der Waals surface area (Å²) in [4.78, 5) is 12.0. The number of allylic oxidation sites excluding steroid dienone is 2. The highest BCUT2D eigenvalue weighted by molar-refractivity contribution is 5.99. The molecule has 0 heterocycles. The van der Waals surface area contributed by atoms with Gasteiger partial charge in [0.1, 0.15) is 0 Å². The molecule has 2 unspecified atom stereocenters. The zero-order chi connectivity index (χ0) is 9.54. The maximum Gasteiger partial charge on any atom is 0.161 e. The average molecular weight is 190 g/mol. The van der Waals surface area contributed by atoms with Crippen molar-refractivity contribution >= 4 is 5.78 Å². The molecule has 2 atom stereocenters. The second-order valence-corrected chi connectivity index (χ2v) is 5.14. The minimum absolute atomic E-state index is 0.422. The molecule has 76 valence electrons. The van der Waals surface area contributed by atoms with Crippen molar-refractivity contribution in [2.75, 3.05) is 0 Å². The number of fused-ring (bicyclic) bond motifs is 3. The van der Waals surface area contributed by atoms with Crippen molar-refractivity contribution in [3.05, 3.63) is 11.1 Å². The Morgan fingerprint density at radius 1 is 0.929 bits per heavy atom. The van der Waals surface area contributed by atoms with Crippen LogP contribution in [0.4, 0.5) is 0 Å². The molecule has 14 heavy (non-hydrogen) atoms. The van der Waals surface area contributed by atoms with Crippen molar-refractivity contribution in [3.63, 3.8) is 0 Å². The van der Waals surface area contributed by atoms with Gasteiger partial charge in [-0.2, -0.15) is 0 Å². The van der Waals surface area contributed by atoms with Gasteiger partial charge < -0.3 is 0 Å². The number of Topliss-reactive ketones (excluding diaryl/α,β-unsaturated/α-hetero) is 1. The molecule has 3 rings (SSSR count). The lowest BCUT2D eigenvalue weighted by molar-refractivity contribution is -0.122. The van der Waals surface area contributed by atoms with Crippen LogP contribution in [0.3, 0.4) is 0 Å². The van der Waals surface area contributed by atoms with E-state index in [1.807, 2.05) is 0 Å². The first kappa shape index (κ1) is 8.70. The van der Waals surface area contributed by atoms with Crippen LogP contribution in [-0.4, -0.2) is 5.78 Å². The number of rotatable bonds is 0. The fourth-order valence-electron chi connectivity index (χ4n) is 3.66. The average Bonchev–Trinajstić information content (AvgIpc) is 2.18. The van der Waals surface area contributed by atoms with E-state index in [1.54, 1.807) is 5.57 Å². The predicted octanol–water partition coefficient (Wildman–Crippen LogP) is 3.25. The highest BCUT2D eigenvalue weighted by Crippen LogP contribution is 2.45. The summed E-state index contributed by atoms with van der Waals surface area (Å²) < 4.78 is 0. The van der Waals surface area contributed by atoms with Crippen LogP contribution in [0, 0.1) is 11.8 Å². The van der Waals surface area contributed by atoms with E-state index in [2.05, 4.69) is 0 Å². The third-order valence-corrected chi connectivity index (χ3v) is 4.35. The number of carbonyl (C=O) groups is 1. The summed E-state index contributed by atoms with van der Waals surface area (Å²) in [7, 11) is 0. The van der Waals surface area contributed by atoms with E-state index >= 15 is 0 Å². The fraction of sp³-hybridized carbons (Fsp3) is 0.769. The quantitative estimate of drug-likeness (QED) is 0.573. The third kappa shape index (κ3) is 1.18. The van der Waals surface area contributed by atoms with E-state index in [-0.39, 0.29) is 0 Å². The van der Waals surface area contributed by atoms with Crippen LogP contribution in [0.15, 0.2) is 11.1 Å². The molecule has 1 heteroatoms. The first-order chi connectivity index (χ1) is 6.86. The SMILES string of the molecule is O=C1C2=C3CCCCC3CC1CCC2. The lowest BCUT2D eigenvalue weighted by atomic mass is 9.65. The van der Waals surface area contributed by atoms with Crippen molar-refractivity contribution in [1.82, 2.24) is 0 Å². The van der Waals surface area contributed by atoms with Crippen LogP contribution in [-0.2, 0) is 4.79 Å². The molecule has 0 radical (unpaired) electrons. The van der Waals surface area contributed by atoms with Gasteiger partial charge in [-0.25, -0.2) is 0 Å². The Balaban J connectivity index is 2.01. The second kappa shape index (κ2) is 3.22. The fourth-order valence-corrected chi connectivity index (χ4v) is 3.66. The number of hydrogen-bond donors (Lipinski definition) is 0. The molecule has 0 aliphatic heterocycles. The Morgan fingerprint density at radius 3 is 2.71 bits per heavy atom. The molecule has 0 aromatic rings. The Kier molecular flexibility index (Phi) is 2.00. The largest absolute Gasteiger partial charge is 0.294 e. The topological polar surface area (TPSA) is 17.1 Å². The van der Waals surface area contributed by atoms with Gasteiger partial charge in [0.05, 0.1) is 0 Å². The Labute approximate surface area is 85.6 Å².